The van der Waals surface area contributed by atoms with E-state index in [4.69, 9.17) is 4.74 Å². The van der Waals surface area contributed by atoms with Gasteiger partial charge in [-0.2, -0.15) is 0 Å². The number of rotatable bonds is 6. The first-order valence-electron chi connectivity index (χ1n) is 9.88. The average molecular weight is 392 g/mol. The molecule has 2 aromatic heterocycles. The molecule has 1 aliphatic heterocycles. The van der Waals surface area contributed by atoms with Gasteiger partial charge in [-0.25, -0.2) is 15.0 Å². The van der Waals surface area contributed by atoms with Gasteiger partial charge in [-0.3, -0.25) is 9.36 Å². The summed E-state index contributed by atoms with van der Waals surface area (Å²) in [5.41, 5.74) is 0.999. The van der Waals surface area contributed by atoms with Crippen LogP contribution in [0.25, 0.3) is 5.82 Å². The summed E-state index contributed by atoms with van der Waals surface area (Å²) < 4.78 is 7.15. The van der Waals surface area contributed by atoms with Gasteiger partial charge in [0.25, 0.3) is 5.91 Å². The van der Waals surface area contributed by atoms with E-state index in [0.717, 1.165) is 24.7 Å². The molecule has 0 unspecified atom stereocenters. The fourth-order valence-electron chi connectivity index (χ4n) is 3.34. The molecule has 0 radical (unpaired) electrons. The van der Waals surface area contributed by atoms with Crippen LogP contribution in [-0.2, 0) is 0 Å². The molecule has 8 heteroatoms. The second-order valence-corrected chi connectivity index (χ2v) is 6.86. The number of carbonyl (C=O) groups excluding carboxylic acids is 1. The van der Waals surface area contributed by atoms with Gasteiger partial charge < -0.3 is 15.0 Å². The van der Waals surface area contributed by atoms with Crippen LogP contribution in [0.3, 0.4) is 0 Å². The van der Waals surface area contributed by atoms with Gasteiger partial charge in [-0.1, -0.05) is 0 Å². The molecule has 1 aromatic carbocycles. The normalized spacial score (nSPS) is 13.9. The Morgan fingerprint density at radius 1 is 1.07 bits per heavy atom. The SMILES string of the molecule is CCOc1ccc(NC(=O)c2cn(-c3cc(N4CCCCC4)ncn3)cn2)cc1. The molecular weight excluding hydrogens is 368 g/mol. The number of hydrogen-bond acceptors (Lipinski definition) is 6. The standard InChI is InChI=1S/C21H24N6O2/c1-2-29-17-8-6-16(7-9-17)25-21(28)18-13-27(15-24-18)20-12-19(22-14-23-20)26-10-4-3-5-11-26/h6-9,12-15H,2-5,10-11H2,1H3,(H,25,28). The minimum atomic E-state index is -0.279. The summed E-state index contributed by atoms with van der Waals surface area (Å²) >= 11 is 0. The minimum Gasteiger partial charge on any atom is -0.494 e. The van der Waals surface area contributed by atoms with Crippen molar-refractivity contribution in [3.63, 3.8) is 0 Å². The van der Waals surface area contributed by atoms with E-state index >= 15 is 0 Å². The van der Waals surface area contributed by atoms with Crippen molar-refractivity contribution in [2.75, 3.05) is 29.9 Å². The van der Waals surface area contributed by atoms with Crippen LogP contribution < -0.4 is 15.0 Å². The number of piperidine rings is 1. The van der Waals surface area contributed by atoms with Crippen molar-refractivity contribution in [3.8, 4) is 11.6 Å². The fraction of sp³-hybridized carbons (Fsp3) is 0.333. The summed E-state index contributed by atoms with van der Waals surface area (Å²) in [7, 11) is 0. The Bertz CT molecular complexity index is 963. The van der Waals surface area contributed by atoms with E-state index < -0.39 is 0 Å². The summed E-state index contributed by atoms with van der Waals surface area (Å²) in [6, 6.07) is 9.17. The average Bonchev–Trinajstić information content (AvgIpc) is 3.27. The molecule has 0 aliphatic carbocycles. The molecule has 1 aliphatic rings. The van der Waals surface area contributed by atoms with Gasteiger partial charge >= 0.3 is 0 Å². The second-order valence-electron chi connectivity index (χ2n) is 6.86. The molecule has 0 saturated carbocycles. The highest BCUT2D eigenvalue weighted by molar-refractivity contribution is 6.02. The van der Waals surface area contributed by atoms with Crippen molar-refractivity contribution in [2.24, 2.45) is 0 Å². The van der Waals surface area contributed by atoms with Crippen molar-refractivity contribution >= 4 is 17.4 Å². The summed E-state index contributed by atoms with van der Waals surface area (Å²) in [6.45, 7) is 4.55. The van der Waals surface area contributed by atoms with Crippen LogP contribution in [0.15, 0.2) is 49.2 Å². The van der Waals surface area contributed by atoms with E-state index in [1.165, 1.54) is 19.3 Å². The van der Waals surface area contributed by atoms with Crippen molar-refractivity contribution in [2.45, 2.75) is 26.2 Å². The topological polar surface area (TPSA) is 85.2 Å². The number of nitrogens with one attached hydrogen (secondary N) is 1. The smallest absolute Gasteiger partial charge is 0.275 e. The van der Waals surface area contributed by atoms with Gasteiger partial charge in [0.15, 0.2) is 0 Å². The van der Waals surface area contributed by atoms with Gasteiger partial charge in [0, 0.05) is 31.0 Å². The third kappa shape index (κ3) is 4.53. The number of anilines is 2. The summed E-state index contributed by atoms with van der Waals surface area (Å²) in [4.78, 5) is 27.7. The lowest BCUT2D eigenvalue weighted by atomic mass is 10.1. The Kier molecular flexibility index (Phi) is 5.69. The largest absolute Gasteiger partial charge is 0.494 e. The molecule has 29 heavy (non-hydrogen) atoms. The number of carbonyl (C=O) groups is 1. The molecule has 3 heterocycles. The van der Waals surface area contributed by atoms with E-state index in [1.54, 1.807) is 35.6 Å². The Morgan fingerprint density at radius 3 is 2.59 bits per heavy atom. The zero-order valence-corrected chi connectivity index (χ0v) is 16.4. The quantitative estimate of drug-likeness (QED) is 0.693. The van der Waals surface area contributed by atoms with Crippen LogP contribution in [0.4, 0.5) is 11.5 Å². The van der Waals surface area contributed by atoms with Crippen molar-refractivity contribution in [1.82, 2.24) is 19.5 Å². The molecule has 1 fully saturated rings. The number of aromatic nitrogens is 4. The van der Waals surface area contributed by atoms with Crippen molar-refractivity contribution in [3.05, 3.63) is 54.9 Å². The molecule has 4 rings (SSSR count). The summed E-state index contributed by atoms with van der Waals surface area (Å²) in [5, 5.41) is 2.84. The van der Waals surface area contributed by atoms with Crippen molar-refractivity contribution < 1.29 is 9.53 Å². The van der Waals surface area contributed by atoms with Crippen LogP contribution in [0, 0.1) is 0 Å². The molecule has 150 valence electrons. The third-order valence-corrected chi connectivity index (χ3v) is 4.82. The van der Waals surface area contributed by atoms with Crippen LogP contribution in [0.5, 0.6) is 5.75 Å². The lowest BCUT2D eigenvalue weighted by molar-refractivity contribution is 0.102. The van der Waals surface area contributed by atoms with E-state index in [-0.39, 0.29) is 5.91 Å². The molecule has 0 spiro atoms. The van der Waals surface area contributed by atoms with Crippen molar-refractivity contribution in [1.29, 1.82) is 0 Å². The Hall–Kier alpha value is -3.42. The molecule has 8 nitrogen and oxygen atoms in total. The highest BCUT2D eigenvalue weighted by Crippen LogP contribution is 2.20. The monoisotopic (exact) mass is 392 g/mol. The van der Waals surface area contributed by atoms with Gasteiger partial charge in [-0.15, -0.1) is 0 Å². The molecule has 1 N–H and O–H groups in total. The maximum absolute atomic E-state index is 12.5. The van der Waals surface area contributed by atoms with Gasteiger partial charge in [0.1, 0.15) is 35.7 Å². The highest BCUT2D eigenvalue weighted by Gasteiger charge is 2.15. The van der Waals surface area contributed by atoms with Gasteiger partial charge in [-0.05, 0) is 50.5 Å². The van der Waals surface area contributed by atoms with E-state index in [2.05, 4.69) is 25.2 Å². The number of hydrogen-bond donors (Lipinski definition) is 1. The maximum Gasteiger partial charge on any atom is 0.275 e. The molecular formula is C21H24N6O2. The maximum atomic E-state index is 12.5. The summed E-state index contributed by atoms with van der Waals surface area (Å²) in [5.74, 6) is 2.08. The third-order valence-electron chi connectivity index (χ3n) is 4.82. The highest BCUT2D eigenvalue weighted by atomic mass is 16.5. The van der Waals surface area contributed by atoms with Crippen LogP contribution in [0.1, 0.15) is 36.7 Å². The first kappa shape index (κ1) is 18.9. The second kappa shape index (κ2) is 8.72. The number of imidazole rings is 1. The van der Waals surface area contributed by atoms with Crippen LogP contribution in [-0.4, -0.2) is 45.1 Å². The van der Waals surface area contributed by atoms with Crippen LogP contribution in [0.2, 0.25) is 0 Å². The predicted molar refractivity (Wildman–Crippen MR) is 111 cm³/mol. The fourth-order valence-corrected chi connectivity index (χ4v) is 3.34. The number of nitrogens with zero attached hydrogens (tertiary/aromatic N) is 5. The van der Waals surface area contributed by atoms with E-state index in [1.807, 2.05) is 25.1 Å². The van der Waals surface area contributed by atoms with Crippen LogP contribution >= 0.6 is 0 Å². The van der Waals surface area contributed by atoms with E-state index in [9.17, 15) is 4.79 Å². The Labute approximate surface area is 169 Å². The lowest BCUT2D eigenvalue weighted by Crippen LogP contribution is -2.30. The minimum absolute atomic E-state index is 0.279. The molecule has 3 aromatic rings. The first-order chi connectivity index (χ1) is 14.2. The predicted octanol–water partition coefficient (Wildman–Crippen LogP) is 3.30. The van der Waals surface area contributed by atoms with Gasteiger partial charge in [0.2, 0.25) is 0 Å². The molecule has 1 amide bonds. The first-order valence-corrected chi connectivity index (χ1v) is 9.88. The molecule has 0 atom stereocenters. The molecule has 0 bridgehead atoms. The zero-order valence-electron chi connectivity index (χ0n) is 16.4. The lowest BCUT2D eigenvalue weighted by Gasteiger charge is -2.27. The number of benzene rings is 1. The molecule has 1 saturated heterocycles. The number of amides is 1. The Balaban J connectivity index is 1.45. The summed E-state index contributed by atoms with van der Waals surface area (Å²) in [6.07, 6.45) is 8.45. The van der Waals surface area contributed by atoms with E-state index in [0.29, 0.717) is 23.8 Å². The number of ether oxygens (including phenoxy) is 1. The Morgan fingerprint density at radius 2 is 1.83 bits per heavy atom. The van der Waals surface area contributed by atoms with Gasteiger partial charge in [0.05, 0.1) is 6.61 Å². The zero-order chi connectivity index (χ0) is 20.1.